The highest BCUT2D eigenvalue weighted by atomic mass is 16.6. The monoisotopic (exact) mass is 210 g/mol. The first-order chi connectivity index (χ1) is 6.80. The van der Waals surface area contributed by atoms with Crippen LogP contribution in [0.3, 0.4) is 0 Å². The largest absolute Gasteiger partial charge is 0.380 e. The highest BCUT2D eigenvalue weighted by molar-refractivity contribution is 6.17. The molecule has 1 fully saturated rings. The Hall–Kier alpha value is 0.0499. The minimum atomic E-state index is -0.0485. The third kappa shape index (κ3) is 1.87. The average molecular weight is 210 g/mol. The second kappa shape index (κ2) is 4.14. The zero-order chi connectivity index (χ0) is 11.9. The molecular formula is C11H24B2O2. The molecule has 4 atom stereocenters. The molecule has 1 aliphatic heterocycles. The molecule has 3 unspecified atom stereocenters. The summed E-state index contributed by atoms with van der Waals surface area (Å²) in [6, 6.07) is 0.198. The van der Waals surface area contributed by atoms with E-state index in [1.807, 2.05) is 0 Å². The van der Waals surface area contributed by atoms with Gasteiger partial charge in [0.25, 0.3) is 0 Å². The lowest BCUT2D eigenvalue weighted by Gasteiger charge is -2.44. The van der Waals surface area contributed by atoms with E-state index in [4.69, 9.17) is 9.47 Å². The predicted molar refractivity (Wildman–Crippen MR) is 69.0 cm³/mol. The molecule has 1 aliphatic rings. The number of hydrogen-bond acceptors (Lipinski definition) is 2. The number of methoxy groups -OCH3 is 1. The van der Waals surface area contributed by atoms with E-state index < -0.39 is 0 Å². The molecule has 2 nitrogen and oxygen atoms in total. The Morgan fingerprint density at radius 3 is 2.07 bits per heavy atom. The maximum atomic E-state index is 6.25. The van der Waals surface area contributed by atoms with Crippen molar-refractivity contribution in [1.82, 2.24) is 0 Å². The molecule has 0 spiro atoms. The predicted octanol–water partition coefficient (Wildman–Crippen LogP) is 0.607. The lowest BCUT2D eigenvalue weighted by molar-refractivity contribution is -0.0920. The molecular weight excluding hydrogens is 186 g/mol. The van der Waals surface area contributed by atoms with Gasteiger partial charge < -0.3 is 9.47 Å². The van der Waals surface area contributed by atoms with Crippen LogP contribution in [0.2, 0.25) is 5.82 Å². The Morgan fingerprint density at radius 1 is 1.33 bits per heavy atom. The van der Waals surface area contributed by atoms with E-state index in [0.717, 1.165) is 6.42 Å². The van der Waals surface area contributed by atoms with Gasteiger partial charge in [0.1, 0.15) is 15.7 Å². The topological polar surface area (TPSA) is 18.5 Å². The SMILES string of the molecule is BC1OC(CC)(C(C)(C)C)[C@H](B)C1OC. The first kappa shape index (κ1) is 13.1. The first-order valence-corrected chi connectivity index (χ1v) is 6.00. The van der Waals surface area contributed by atoms with Crippen LogP contribution in [-0.4, -0.2) is 40.5 Å². The van der Waals surface area contributed by atoms with Crippen molar-refractivity contribution < 1.29 is 9.47 Å². The quantitative estimate of drug-likeness (QED) is 0.621. The molecule has 0 aliphatic carbocycles. The van der Waals surface area contributed by atoms with Crippen molar-refractivity contribution >= 4 is 15.7 Å². The van der Waals surface area contributed by atoms with Gasteiger partial charge in [-0.05, 0) is 17.7 Å². The number of hydrogen-bond donors (Lipinski definition) is 0. The standard InChI is InChI=1S/C11H24B2O2/c1-6-11(10(2,3)4)8(12)7(14-5)9(13)15-11/h7-9H,6,12-13H2,1-5H3/t7?,8-,9?,11?/m1/s1. The van der Waals surface area contributed by atoms with E-state index >= 15 is 0 Å². The molecule has 4 heteroatoms. The zero-order valence-electron chi connectivity index (χ0n) is 11.3. The molecule has 0 aromatic heterocycles. The molecule has 1 heterocycles. The molecule has 86 valence electrons. The molecule has 1 rings (SSSR count). The third-order valence-corrected chi connectivity index (χ3v) is 4.15. The van der Waals surface area contributed by atoms with Gasteiger partial charge in [0.2, 0.25) is 0 Å². The van der Waals surface area contributed by atoms with E-state index in [1.54, 1.807) is 7.11 Å². The third-order valence-electron chi connectivity index (χ3n) is 4.15. The summed E-state index contributed by atoms with van der Waals surface area (Å²) in [6.45, 7) is 9.00. The van der Waals surface area contributed by atoms with Gasteiger partial charge in [-0.3, -0.25) is 0 Å². The Balaban J connectivity index is 3.04. The fourth-order valence-electron chi connectivity index (χ4n) is 3.37. The minimum absolute atomic E-state index is 0.0485. The molecule has 1 saturated heterocycles. The molecule has 15 heavy (non-hydrogen) atoms. The summed E-state index contributed by atoms with van der Waals surface area (Å²) in [6.07, 6.45) is 1.27. The van der Waals surface area contributed by atoms with Gasteiger partial charge in [0.15, 0.2) is 0 Å². The van der Waals surface area contributed by atoms with Gasteiger partial charge in [-0.15, -0.1) is 0 Å². The van der Waals surface area contributed by atoms with Crippen LogP contribution in [0.1, 0.15) is 34.1 Å². The van der Waals surface area contributed by atoms with Gasteiger partial charge >= 0.3 is 0 Å². The van der Waals surface area contributed by atoms with Crippen molar-refractivity contribution in [2.45, 2.75) is 57.6 Å². The summed E-state index contributed by atoms with van der Waals surface area (Å²) >= 11 is 0. The first-order valence-electron chi connectivity index (χ1n) is 6.00. The van der Waals surface area contributed by atoms with Crippen LogP contribution in [0.5, 0.6) is 0 Å². The summed E-state index contributed by atoms with van der Waals surface area (Å²) in [5.41, 5.74) is 0.107. The Labute approximate surface area is 95.9 Å². The maximum absolute atomic E-state index is 6.25. The summed E-state index contributed by atoms with van der Waals surface area (Å²) in [5.74, 6) is 0.447. The summed E-state index contributed by atoms with van der Waals surface area (Å²) < 4.78 is 11.8. The molecule has 0 aromatic carbocycles. The van der Waals surface area contributed by atoms with Crippen LogP contribution in [-0.2, 0) is 9.47 Å². The Bertz CT molecular complexity index is 227. The van der Waals surface area contributed by atoms with E-state index in [0.29, 0.717) is 5.82 Å². The molecule has 0 bridgehead atoms. The number of rotatable bonds is 2. The summed E-state index contributed by atoms with van der Waals surface area (Å²) in [5, 5.41) is 0. The molecule has 0 aromatic rings. The van der Waals surface area contributed by atoms with E-state index in [-0.39, 0.29) is 23.1 Å². The van der Waals surface area contributed by atoms with Gasteiger partial charge in [-0.25, -0.2) is 0 Å². The van der Waals surface area contributed by atoms with Crippen LogP contribution in [0.25, 0.3) is 0 Å². The lowest BCUT2D eigenvalue weighted by Crippen LogP contribution is -2.46. The van der Waals surface area contributed by atoms with E-state index in [2.05, 4.69) is 43.4 Å². The second-order valence-electron chi connectivity index (χ2n) is 5.81. The van der Waals surface area contributed by atoms with Crippen molar-refractivity contribution in [2.75, 3.05) is 7.11 Å². The highest BCUT2D eigenvalue weighted by Crippen LogP contribution is 2.51. The Kier molecular flexibility index (Phi) is 3.62. The van der Waals surface area contributed by atoms with Gasteiger partial charge in [0.05, 0.1) is 17.7 Å². The lowest BCUT2D eigenvalue weighted by atomic mass is 9.59. The molecule has 0 amide bonds. The van der Waals surface area contributed by atoms with Crippen molar-refractivity contribution in [3.05, 3.63) is 0 Å². The van der Waals surface area contributed by atoms with Gasteiger partial charge in [-0.1, -0.05) is 27.7 Å². The summed E-state index contributed by atoms with van der Waals surface area (Å²) in [4.78, 5) is 0. The van der Waals surface area contributed by atoms with Gasteiger partial charge in [0, 0.05) is 7.11 Å². The molecule has 0 saturated carbocycles. The van der Waals surface area contributed by atoms with Crippen LogP contribution < -0.4 is 0 Å². The number of ether oxygens (including phenoxy) is 2. The fraction of sp³-hybridized carbons (Fsp3) is 1.00. The minimum Gasteiger partial charge on any atom is -0.380 e. The van der Waals surface area contributed by atoms with Crippen molar-refractivity contribution in [3.63, 3.8) is 0 Å². The Morgan fingerprint density at radius 2 is 1.87 bits per heavy atom. The van der Waals surface area contributed by atoms with E-state index in [9.17, 15) is 0 Å². The van der Waals surface area contributed by atoms with E-state index in [1.165, 1.54) is 0 Å². The summed E-state index contributed by atoms with van der Waals surface area (Å²) in [7, 11) is 6.16. The molecule has 0 N–H and O–H groups in total. The maximum Gasteiger partial charge on any atom is 0.142 e. The fourth-order valence-corrected chi connectivity index (χ4v) is 3.37. The highest BCUT2D eigenvalue weighted by Gasteiger charge is 2.55. The van der Waals surface area contributed by atoms with Crippen LogP contribution in [0.15, 0.2) is 0 Å². The second-order valence-corrected chi connectivity index (χ2v) is 5.81. The van der Waals surface area contributed by atoms with Crippen LogP contribution in [0.4, 0.5) is 0 Å². The van der Waals surface area contributed by atoms with Gasteiger partial charge in [-0.2, -0.15) is 0 Å². The van der Waals surface area contributed by atoms with Crippen molar-refractivity contribution in [2.24, 2.45) is 5.41 Å². The normalized spacial score (nSPS) is 42.1. The smallest absolute Gasteiger partial charge is 0.142 e. The van der Waals surface area contributed by atoms with Crippen molar-refractivity contribution in [3.8, 4) is 0 Å². The zero-order valence-corrected chi connectivity index (χ0v) is 11.3. The average Bonchev–Trinajstić information content (AvgIpc) is 2.37. The molecule has 0 radical (unpaired) electrons. The van der Waals surface area contributed by atoms with Crippen LogP contribution >= 0.6 is 0 Å². The van der Waals surface area contributed by atoms with Crippen molar-refractivity contribution in [1.29, 1.82) is 0 Å². The van der Waals surface area contributed by atoms with Crippen LogP contribution in [0, 0.1) is 5.41 Å².